The number of amides is 1. The van der Waals surface area contributed by atoms with Crippen molar-refractivity contribution in [1.82, 2.24) is 15.5 Å². The molecule has 1 fully saturated rings. The smallest absolute Gasteiger partial charge is 0.242 e. The van der Waals surface area contributed by atoms with Crippen molar-refractivity contribution in [3.8, 4) is 17.1 Å². The zero-order valence-corrected chi connectivity index (χ0v) is 14.2. The van der Waals surface area contributed by atoms with E-state index < -0.39 is 11.2 Å². The van der Waals surface area contributed by atoms with Gasteiger partial charge in [-0.25, -0.2) is 4.39 Å². The van der Waals surface area contributed by atoms with Crippen molar-refractivity contribution < 1.29 is 23.2 Å². The Bertz CT molecular complexity index is 764. The Morgan fingerprint density at radius 2 is 2.24 bits per heavy atom. The summed E-state index contributed by atoms with van der Waals surface area (Å²) < 4.78 is 29.6. The number of benzene rings is 1. The average Bonchev–Trinajstić information content (AvgIpc) is 3.10. The molecule has 0 aliphatic carbocycles. The van der Waals surface area contributed by atoms with Gasteiger partial charge in [0.15, 0.2) is 11.6 Å². The molecule has 1 N–H and O–H groups in total. The van der Waals surface area contributed by atoms with Crippen LogP contribution in [0, 0.1) is 5.82 Å². The van der Waals surface area contributed by atoms with E-state index in [1.807, 2.05) is 0 Å². The Hall–Kier alpha value is -2.48. The minimum absolute atomic E-state index is 0.128. The van der Waals surface area contributed by atoms with Crippen molar-refractivity contribution in [2.24, 2.45) is 0 Å². The van der Waals surface area contributed by atoms with E-state index in [4.69, 9.17) is 14.0 Å². The zero-order chi connectivity index (χ0) is 17.9. The van der Waals surface area contributed by atoms with Crippen molar-refractivity contribution in [1.29, 1.82) is 0 Å². The molecule has 0 bridgehead atoms. The number of piperidine rings is 1. The predicted octanol–water partition coefficient (Wildman–Crippen LogP) is 2.07. The normalized spacial score (nSPS) is 20.4. The molecule has 8 heteroatoms. The highest BCUT2D eigenvalue weighted by Crippen LogP contribution is 2.32. The SMILES string of the molecule is COCCOc1ccc(-c2noc(C3(C)CCCNC3=O)n2)cc1F. The van der Waals surface area contributed by atoms with Gasteiger partial charge in [0.05, 0.1) is 6.61 Å². The number of nitrogens with zero attached hydrogens (tertiary/aromatic N) is 2. The van der Waals surface area contributed by atoms with Crippen LogP contribution in [0.1, 0.15) is 25.7 Å². The topological polar surface area (TPSA) is 86.5 Å². The zero-order valence-electron chi connectivity index (χ0n) is 14.2. The largest absolute Gasteiger partial charge is 0.488 e. The highest BCUT2D eigenvalue weighted by Gasteiger charge is 2.42. The highest BCUT2D eigenvalue weighted by atomic mass is 19.1. The molecule has 1 atom stereocenters. The van der Waals surface area contributed by atoms with E-state index in [9.17, 15) is 9.18 Å². The van der Waals surface area contributed by atoms with Gasteiger partial charge in [0.25, 0.3) is 0 Å². The lowest BCUT2D eigenvalue weighted by atomic mass is 9.82. The number of ether oxygens (including phenoxy) is 2. The first-order valence-corrected chi connectivity index (χ1v) is 8.09. The molecule has 2 aromatic rings. The van der Waals surface area contributed by atoms with Crippen LogP contribution in [-0.4, -0.2) is 42.9 Å². The van der Waals surface area contributed by atoms with Crippen LogP contribution in [-0.2, 0) is 14.9 Å². The lowest BCUT2D eigenvalue weighted by Gasteiger charge is -2.28. The molecule has 1 saturated heterocycles. The number of carbonyl (C=O) groups is 1. The van der Waals surface area contributed by atoms with Crippen LogP contribution in [0.15, 0.2) is 22.7 Å². The predicted molar refractivity (Wildman–Crippen MR) is 86.7 cm³/mol. The maximum absolute atomic E-state index is 14.1. The van der Waals surface area contributed by atoms with Gasteiger partial charge < -0.3 is 19.3 Å². The Morgan fingerprint density at radius 3 is 2.96 bits per heavy atom. The van der Waals surface area contributed by atoms with Crippen LogP contribution in [0.4, 0.5) is 4.39 Å². The van der Waals surface area contributed by atoms with Gasteiger partial charge in [-0.15, -0.1) is 0 Å². The van der Waals surface area contributed by atoms with E-state index in [0.29, 0.717) is 25.1 Å². The maximum atomic E-state index is 14.1. The molecule has 134 valence electrons. The van der Waals surface area contributed by atoms with Crippen LogP contribution in [0.25, 0.3) is 11.4 Å². The lowest BCUT2D eigenvalue weighted by molar-refractivity contribution is -0.128. The van der Waals surface area contributed by atoms with E-state index in [1.165, 1.54) is 12.1 Å². The van der Waals surface area contributed by atoms with Crippen LogP contribution >= 0.6 is 0 Å². The molecule has 1 aromatic carbocycles. The molecule has 25 heavy (non-hydrogen) atoms. The fraction of sp³-hybridized carbons (Fsp3) is 0.471. The number of rotatable bonds is 6. The number of hydrogen-bond acceptors (Lipinski definition) is 6. The summed E-state index contributed by atoms with van der Waals surface area (Å²) in [5.41, 5.74) is -0.406. The van der Waals surface area contributed by atoms with Crippen molar-refractivity contribution in [3.05, 3.63) is 29.9 Å². The summed E-state index contributed by atoms with van der Waals surface area (Å²) in [6, 6.07) is 4.43. The summed E-state index contributed by atoms with van der Waals surface area (Å²) in [6.45, 7) is 3.04. The minimum atomic E-state index is -0.856. The average molecular weight is 349 g/mol. The summed E-state index contributed by atoms with van der Waals surface area (Å²) in [5, 5.41) is 6.70. The third-order valence-corrected chi connectivity index (χ3v) is 4.27. The standard InChI is InChI=1S/C17H20FN3O4/c1-17(6-3-7-19-15(17)22)16-20-14(21-25-16)11-4-5-13(12(18)10-11)24-9-8-23-2/h4-5,10H,3,6-9H2,1-2H3,(H,19,22). The third-order valence-electron chi connectivity index (χ3n) is 4.27. The fourth-order valence-electron chi connectivity index (χ4n) is 2.71. The van der Waals surface area contributed by atoms with E-state index in [0.717, 1.165) is 6.42 Å². The number of carbonyl (C=O) groups excluding carboxylic acids is 1. The molecule has 1 unspecified atom stereocenters. The molecule has 7 nitrogen and oxygen atoms in total. The molecule has 3 rings (SSSR count). The first-order chi connectivity index (χ1) is 12.0. The quantitative estimate of drug-likeness (QED) is 0.804. The lowest BCUT2D eigenvalue weighted by Crippen LogP contribution is -2.47. The van der Waals surface area contributed by atoms with Gasteiger partial charge in [0, 0.05) is 19.2 Å². The number of nitrogens with one attached hydrogen (secondary N) is 1. The second kappa shape index (κ2) is 7.18. The van der Waals surface area contributed by atoms with Gasteiger partial charge in [0.2, 0.25) is 17.6 Å². The molecular formula is C17H20FN3O4. The molecule has 1 amide bonds. The molecule has 0 radical (unpaired) electrons. The van der Waals surface area contributed by atoms with Crippen molar-refractivity contribution in [3.63, 3.8) is 0 Å². The maximum Gasteiger partial charge on any atom is 0.242 e. The fourth-order valence-corrected chi connectivity index (χ4v) is 2.71. The molecular weight excluding hydrogens is 329 g/mol. The first kappa shape index (κ1) is 17.3. The molecule has 1 aliphatic heterocycles. The van der Waals surface area contributed by atoms with Gasteiger partial charge in [-0.3, -0.25) is 4.79 Å². The molecule has 2 heterocycles. The minimum Gasteiger partial charge on any atom is -0.488 e. The number of aromatic nitrogens is 2. The van der Waals surface area contributed by atoms with Crippen molar-refractivity contribution in [2.45, 2.75) is 25.2 Å². The van der Waals surface area contributed by atoms with E-state index >= 15 is 0 Å². The van der Waals surface area contributed by atoms with Crippen LogP contribution < -0.4 is 10.1 Å². The van der Waals surface area contributed by atoms with Gasteiger partial charge >= 0.3 is 0 Å². The molecule has 0 spiro atoms. The van der Waals surface area contributed by atoms with E-state index in [-0.39, 0.29) is 30.0 Å². The third kappa shape index (κ3) is 3.48. The molecule has 1 aliphatic rings. The Morgan fingerprint density at radius 1 is 1.40 bits per heavy atom. The number of halogens is 1. The number of methoxy groups -OCH3 is 1. The van der Waals surface area contributed by atoms with Crippen molar-refractivity contribution >= 4 is 5.91 Å². The van der Waals surface area contributed by atoms with E-state index in [1.54, 1.807) is 20.1 Å². The summed E-state index contributed by atoms with van der Waals surface area (Å²) in [4.78, 5) is 16.5. The Kier molecular flexibility index (Phi) is 4.98. The van der Waals surface area contributed by atoms with Crippen LogP contribution in [0.5, 0.6) is 5.75 Å². The van der Waals surface area contributed by atoms with Gasteiger partial charge in [-0.05, 0) is 38.0 Å². The van der Waals surface area contributed by atoms with Gasteiger partial charge in [-0.1, -0.05) is 5.16 Å². The first-order valence-electron chi connectivity index (χ1n) is 8.09. The highest BCUT2D eigenvalue weighted by molar-refractivity contribution is 5.87. The van der Waals surface area contributed by atoms with Gasteiger partial charge in [0.1, 0.15) is 12.0 Å². The Balaban J connectivity index is 1.80. The van der Waals surface area contributed by atoms with Gasteiger partial charge in [-0.2, -0.15) is 4.98 Å². The van der Waals surface area contributed by atoms with Crippen LogP contribution in [0.2, 0.25) is 0 Å². The monoisotopic (exact) mass is 349 g/mol. The second-order valence-corrected chi connectivity index (χ2v) is 6.10. The van der Waals surface area contributed by atoms with Crippen molar-refractivity contribution in [2.75, 3.05) is 26.9 Å². The summed E-state index contributed by atoms with van der Waals surface area (Å²) in [5.74, 6) is -0.0656. The van der Waals surface area contributed by atoms with Crippen LogP contribution in [0.3, 0.4) is 0 Å². The summed E-state index contributed by atoms with van der Waals surface area (Å²) in [7, 11) is 1.55. The number of hydrogen-bond donors (Lipinski definition) is 1. The second-order valence-electron chi connectivity index (χ2n) is 6.10. The summed E-state index contributed by atoms with van der Waals surface area (Å²) in [6.07, 6.45) is 1.46. The summed E-state index contributed by atoms with van der Waals surface area (Å²) >= 11 is 0. The molecule has 0 saturated carbocycles. The molecule has 1 aromatic heterocycles. The Labute approximate surface area is 144 Å². The van der Waals surface area contributed by atoms with E-state index in [2.05, 4.69) is 15.5 Å².